The molecule has 4 unspecified atom stereocenters. The van der Waals surface area contributed by atoms with Crippen molar-refractivity contribution in [1.29, 1.82) is 0 Å². The fourth-order valence-corrected chi connectivity index (χ4v) is 4.85. The minimum atomic E-state index is -0.507. The highest BCUT2D eigenvalue weighted by atomic mass is 32.2. The lowest BCUT2D eigenvalue weighted by molar-refractivity contribution is 0.251. The van der Waals surface area contributed by atoms with Gasteiger partial charge in [0, 0.05) is 30.9 Å². The van der Waals surface area contributed by atoms with Crippen molar-refractivity contribution in [2.75, 3.05) is 6.54 Å². The molecular formula is C14H16N3OS+. The maximum Gasteiger partial charge on any atom is 0.458 e. The number of thiophene rings is 1. The van der Waals surface area contributed by atoms with Gasteiger partial charge in [-0.05, 0) is 30.9 Å². The second-order valence-corrected chi connectivity index (χ2v) is 7.12. The Balaban J connectivity index is 1.57. The topological polar surface area (TPSA) is 54.0 Å². The SMILES string of the molecule is O=C(NC1CC2CC1CN2)[s+]1ccc2cccnc21. The molecule has 2 aromatic rings. The molecule has 3 heterocycles. The van der Waals surface area contributed by atoms with Crippen LogP contribution in [0.4, 0.5) is 4.79 Å². The van der Waals surface area contributed by atoms with Gasteiger partial charge in [0.2, 0.25) is 0 Å². The number of hydrogen-bond acceptors (Lipinski definition) is 3. The Morgan fingerprint density at radius 2 is 2.37 bits per heavy atom. The van der Waals surface area contributed by atoms with Crippen molar-refractivity contribution >= 4 is 25.9 Å². The molecule has 2 N–H and O–H groups in total. The lowest BCUT2D eigenvalue weighted by Gasteiger charge is -2.21. The normalized spacial score (nSPS) is 29.9. The van der Waals surface area contributed by atoms with Crippen LogP contribution >= 0.6 is 10.5 Å². The number of hydrogen-bond donors (Lipinski definition) is 2. The van der Waals surface area contributed by atoms with E-state index in [2.05, 4.69) is 15.6 Å². The van der Waals surface area contributed by atoms with E-state index >= 15 is 0 Å². The van der Waals surface area contributed by atoms with Gasteiger partial charge in [0.05, 0.1) is 5.39 Å². The van der Waals surface area contributed by atoms with E-state index in [1.165, 1.54) is 6.42 Å². The fourth-order valence-electron chi connectivity index (χ4n) is 3.30. The van der Waals surface area contributed by atoms with Crippen LogP contribution in [0.2, 0.25) is 0 Å². The number of piperidine rings is 1. The zero-order valence-corrected chi connectivity index (χ0v) is 11.3. The number of aromatic nitrogens is 1. The molecule has 98 valence electrons. The zero-order valence-electron chi connectivity index (χ0n) is 10.5. The predicted molar refractivity (Wildman–Crippen MR) is 76.5 cm³/mol. The van der Waals surface area contributed by atoms with Crippen molar-refractivity contribution in [3.8, 4) is 0 Å². The molecule has 2 aliphatic rings. The van der Waals surface area contributed by atoms with Crippen molar-refractivity contribution in [3.63, 3.8) is 0 Å². The van der Waals surface area contributed by atoms with Crippen LogP contribution in [-0.2, 0) is 0 Å². The second-order valence-electron chi connectivity index (χ2n) is 5.41. The van der Waals surface area contributed by atoms with Crippen LogP contribution in [0, 0.1) is 5.92 Å². The van der Waals surface area contributed by atoms with E-state index in [1.54, 1.807) is 6.20 Å². The molecule has 4 rings (SSSR count). The van der Waals surface area contributed by atoms with Gasteiger partial charge < -0.3 is 10.6 Å². The monoisotopic (exact) mass is 274 g/mol. The van der Waals surface area contributed by atoms with Crippen LogP contribution in [0.15, 0.2) is 29.8 Å². The van der Waals surface area contributed by atoms with Gasteiger partial charge >= 0.3 is 5.24 Å². The van der Waals surface area contributed by atoms with Crippen molar-refractivity contribution in [1.82, 2.24) is 15.6 Å². The lowest BCUT2D eigenvalue weighted by atomic mass is 10.0. The Morgan fingerprint density at radius 3 is 3.16 bits per heavy atom. The summed E-state index contributed by atoms with van der Waals surface area (Å²) in [5.41, 5.74) is 0. The van der Waals surface area contributed by atoms with Gasteiger partial charge in [-0.2, -0.15) is 0 Å². The highest BCUT2D eigenvalue weighted by Crippen LogP contribution is 2.34. The number of nitrogens with zero attached hydrogens (tertiary/aromatic N) is 1. The molecular weight excluding hydrogens is 258 g/mol. The van der Waals surface area contributed by atoms with Gasteiger partial charge in [-0.15, -0.1) is 0 Å². The third-order valence-corrected chi connectivity index (χ3v) is 5.94. The maximum atomic E-state index is 12.4. The van der Waals surface area contributed by atoms with E-state index < -0.39 is 10.5 Å². The standard InChI is InChI=1S/C14H15N3OS/c18-14(17-12-7-11-6-10(12)8-16-11)19-5-3-9-2-1-4-15-13(9)19/h1-5,10-12,16H,6-8H2/p+1. The summed E-state index contributed by atoms with van der Waals surface area (Å²) in [6, 6.07) is 6.90. The first kappa shape index (κ1) is 11.4. The molecule has 4 nitrogen and oxygen atoms in total. The van der Waals surface area contributed by atoms with Crippen LogP contribution < -0.4 is 10.6 Å². The largest absolute Gasteiger partial charge is 0.458 e. The smallest absolute Gasteiger partial charge is 0.314 e. The third kappa shape index (κ3) is 1.84. The van der Waals surface area contributed by atoms with E-state index in [1.807, 2.05) is 23.6 Å². The summed E-state index contributed by atoms with van der Waals surface area (Å²) in [6.45, 7) is 1.05. The van der Waals surface area contributed by atoms with Gasteiger partial charge in [0.25, 0.3) is 4.83 Å². The minimum Gasteiger partial charge on any atom is -0.314 e. The summed E-state index contributed by atoms with van der Waals surface area (Å²) >= 11 is 0. The van der Waals surface area contributed by atoms with E-state index in [-0.39, 0.29) is 5.24 Å². The molecule has 1 saturated carbocycles. The van der Waals surface area contributed by atoms with E-state index in [0.717, 1.165) is 23.2 Å². The highest BCUT2D eigenvalue weighted by Gasteiger charge is 2.41. The van der Waals surface area contributed by atoms with Crippen molar-refractivity contribution in [3.05, 3.63) is 29.8 Å². The van der Waals surface area contributed by atoms with Crippen molar-refractivity contribution in [2.45, 2.75) is 24.9 Å². The summed E-state index contributed by atoms with van der Waals surface area (Å²) in [4.78, 5) is 17.7. The molecule has 4 atom stereocenters. The molecule has 1 aliphatic carbocycles. The molecule has 1 saturated heterocycles. The first-order valence-corrected chi connectivity index (χ1v) is 8.00. The molecule has 0 radical (unpaired) electrons. The number of carbonyl (C=O) groups is 1. The first-order valence-electron chi connectivity index (χ1n) is 6.71. The molecule has 0 spiro atoms. The number of rotatable bonds is 2. The Hall–Kier alpha value is -1.46. The predicted octanol–water partition coefficient (Wildman–Crippen LogP) is 2.29. The first-order chi connectivity index (χ1) is 9.31. The van der Waals surface area contributed by atoms with Crippen molar-refractivity contribution in [2.24, 2.45) is 5.92 Å². The number of fused-ring (bicyclic) bond motifs is 3. The Bertz CT molecular complexity index is 638. The quantitative estimate of drug-likeness (QED) is 0.826. The molecule has 1 aliphatic heterocycles. The van der Waals surface area contributed by atoms with Gasteiger partial charge in [-0.3, -0.25) is 0 Å². The van der Waals surface area contributed by atoms with E-state index in [0.29, 0.717) is 18.0 Å². The summed E-state index contributed by atoms with van der Waals surface area (Å²) in [5, 5.41) is 9.90. The second kappa shape index (κ2) is 4.28. The average molecular weight is 274 g/mol. The summed E-state index contributed by atoms with van der Waals surface area (Å²) < 4.78 is 0. The molecule has 2 bridgehead atoms. The van der Waals surface area contributed by atoms with E-state index in [9.17, 15) is 4.79 Å². The van der Waals surface area contributed by atoms with Crippen molar-refractivity contribution < 1.29 is 4.79 Å². The van der Waals surface area contributed by atoms with Crippen LogP contribution in [0.3, 0.4) is 0 Å². The van der Waals surface area contributed by atoms with Gasteiger partial charge in [-0.25, -0.2) is 9.78 Å². The Morgan fingerprint density at radius 1 is 1.42 bits per heavy atom. The maximum absolute atomic E-state index is 12.4. The molecule has 0 aromatic carbocycles. The summed E-state index contributed by atoms with van der Waals surface area (Å²) in [5.74, 6) is 0.618. The number of nitrogens with one attached hydrogen (secondary N) is 2. The fraction of sp³-hybridized carbons (Fsp3) is 0.429. The zero-order chi connectivity index (χ0) is 12.8. The third-order valence-electron chi connectivity index (χ3n) is 4.26. The lowest BCUT2D eigenvalue weighted by Crippen LogP contribution is -2.42. The molecule has 19 heavy (non-hydrogen) atoms. The molecule has 2 aromatic heterocycles. The van der Waals surface area contributed by atoms with Gasteiger partial charge in [0.15, 0.2) is 5.38 Å². The Kier molecular flexibility index (Phi) is 2.56. The van der Waals surface area contributed by atoms with E-state index in [4.69, 9.17) is 0 Å². The van der Waals surface area contributed by atoms with Crippen LogP contribution in [0.25, 0.3) is 10.2 Å². The number of pyridine rings is 1. The van der Waals surface area contributed by atoms with Crippen LogP contribution in [-0.4, -0.2) is 28.9 Å². The minimum absolute atomic E-state index is 0.131. The Labute approximate surface area is 114 Å². The summed E-state index contributed by atoms with van der Waals surface area (Å²) in [6.07, 6.45) is 4.05. The van der Waals surface area contributed by atoms with Gasteiger partial charge in [0.1, 0.15) is 10.5 Å². The molecule has 5 heteroatoms. The van der Waals surface area contributed by atoms with Gasteiger partial charge in [-0.1, -0.05) is 0 Å². The van der Waals surface area contributed by atoms with Crippen LogP contribution in [0.5, 0.6) is 0 Å². The highest BCUT2D eigenvalue weighted by molar-refractivity contribution is 7.54. The molecule has 2 fully saturated rings. The average Bonchev–Trinajstić information content (AvgIpc) is 3.13. The number of amides is 1. The summed E-state index contributed by atoms with van der Waals surface area (Å²) in [7, 11) is -0.507. The number of carbonyl (C=O) groups excluding carboxylic acids is 1. The molecule has 1 amide bonds. The van der Waals surface area contributed by atoms with Crippen LogP contribution in [0.1, 0.15) is 12.8 Å².